The zero-order chi connectivity index (χ0) is 32.4. The second-order valence-electron chi connectivity index (χ2n) is 10.3. The van der Waals surface area contributed by atoms with Crippen LogP contribution in [0.1, 0.15) is 32.3 Å². The molecule has 2 heterocycles. The third-order valence-corrected chi connectivity index (χ3v) is 8.42. The number of hydrogen-bond donors (Lipinski definition) is 4. The van der Waals surface area contributed by atoms with Gasteiger partial charge in [-0.05, 0) is 75.2 Å². The molecule has 1 aliphatic rings. The van der Waals surface area contributed by atoms with E-state index in [1.54, 1.807) is 6.07 Å². The predicted molar refractivity (Wildman–Crippen MR) is 178 cm³/mol. The maximum atomic E-state index is 11.1. The van der Waals surface area contributed by atoms with E-state index in [1.807, 2.05) is 68.4 Å². The van der Waals surface area contributed by atoms with Gasteiger partial charge in [0, 0.05) is 53.2 Å². The lowest BCUT2D eigenvalue weighted by molar-refractivity contribution is -0.110. The van der Waals surface area contributed by atoms with Gasteiger partial charge in [0.2, 0.25) is 16.4 Å². The smallest absolute Gasteiger partial charge is 0.211 e. The zero-order valence-electron chi connectivity index (χ0n) is 25.6. The minimum Gasteiger partial charge on any atom is -0.494 e. The van der Waals surface area contributed by atoms with Crippen molar-refractivity contribution in [3.05, 3.63) is 66.2 Å². The van der Waals surface area contributed by atoms with Crippen LogP contribution in [-0.4, -0.2) is 73.9 Å². The average molecular weight is 634 g/mol. The molecule has 1 saturated heterocycles. The molecule has 1 aliphatic heterocycles. The first kappa shape index (κ1) is 33.1. The number of fused-ring (bicyclic) bond motifs is 1. The molecular weight excluding hydrogens is 594 g/mol. The molecule has 1 amide bonds. The molecule has 0 saturated carbocycles. The quantitative estimate of drug-likeness (QED) is 0.105. The highest BCUT2D eigenvalue weighted by Crippen LogP contribution is 2.31. The summed E-state index contributed by atoms with van der Waals surface area (Å²) < 4.78 is 34.9. The maximum Gasteiger partial charge on any atom is 0.211 e. The Labute approximate surface area is 263 Å². The molecule has 1 aromatic heterocycles. The fourth-order valence-corrected chi connectivity index (χ4v) is 5.72. The van der Waals surface area contributed by atoms with Gasteiger partial charge in [0.25, 0.3) is 0 Å². The molecule has 0 aliphatic carbocycles. The molecular formula is C32H39N7O5S. The minimum absolute atomic E-state index is 0.135. The molecule has 0 unspecified atom stereocenters. The van der Waals surface area contributed by atoms with E-state index in [0.29, 0.717) is 68.4 Å². The molecule has 3 aromatic carbocycles. The molecule has 13 heteroatoms. The van der Waals surface area contributed by atoms with E-state index in [4.69, 9.17) is 30.6 Å². The van der Waals surface area contributed by atoms with Crippen molar-refractivity contribution in [3.8, 4) is 22.9 Å². The Kier molecular flexibility index (Phi) is 11.3. The lowest BCUT2D eigenvalue weighted by Crippen LogP contribution is -2.44. The van der Waals surface area contributed by atoms with E-state index in [9.17, 15) is 13.2 Å². The van der Waals surface area contributed by atoms with Gasteiger partial charge >= 0.3 is 0 Å². The minimum atomic E-state index is -3.05. The van der Waals surface area contributed by atoms with Crippen molar-refractivity contribution < 1.29 is 22.7 Å². The van der Waals surface area contributed by atoms with Crippen molar-refractivity contribution in [2.75, 3.05) is 43.6 Å². The van der Waals surface area contributed by atoms with Crippen molar-refractivity contribution >= 4 is 50.7 Å². The van der Waals surface area contributed by atoms with Crippen LogP contribution in [0.5, 0.6) is 11.5 Å². The van der Waals surface area contributed by atoms with Gasteiger partial charge in [0.05, 0.1) is 25.0 Å². The molecule has 5 N–H and O–H groups in total. The number of nitrogens with one attached hydrogen (secondary N) is 3. The second kappa shape index (κ2) is 15.3. The van der Waals surface area contributed by atoms with Crippen LogP contribution in [0.4, 0.5) is 17.2 Å². The normalized spacial score (nSPS) is 13.8. The number of amides is 1. The summed E-state index contributed by atoms with van der Waals surface area (Å²) in [5.74, 6) is 2.72. The monoisotopic (exact) mass is 633 g/mol. The third-order valence-electron chi connectivity index (χ3n) is 7.11. The van der Waals surface area contributed by atoms with Crippen LogP contribution >= 0.6 is 0 Å². The summed E-state index contributed by atoms with van der Waals surface area (Å²) in [7, 11) is -3.05. The van der Waals surface area contributed by atoms with E-state index in [0.717, 1.165) is 33.7 Å². The molecule has 1 fully saturated rings. The lowest BCUT2D eigenvalue weighted by atomic mass is 10.1. The Balaban J connectivity index is 0.000000297. The number of anilines is 3. The van der Waals surface area contributed by atoms with Crippen molar-refractivity contribution in [1.29, 1.82) is 5.41 Å². The standard InChI is InChI=1S/C25H25N5O2.C7H14N2O3S/c1-3-31-19-7-5-6-16(13-19)24-29-23-11-9-20(32-4-2)14-21(23)25(30-24)28-18-8-10-22(27)17(12-18)15-26;1-13(11,12)9-4-2-7(3-5-9)8-6-10/h5-15,26H,3-4,27H2,1-2H3,(H,28,29,30);6-7H,2-5H2,1H3,(H,8,10). The molecule has 0 spiro atoms. The molecule has 5 rings (SSSR count). The molecule has 0 atom stereocenters. The first-order valence-electron chi connectivity index (χ1n) is 14.6. The van der Waals surface area contributed by atoms with Crippen LogP contribution in [0, 0.1) is 5.41 Å². The molecule has 238 valence electrons. The third kappa shape index (κ3) is 8.89. The van der Waals surface area contributed by atoms with Crippen molar-refractivity contribution in [2.24, 2.45) is 0 Å². The first-order valence-corrected chi connectivity index (χ1v) is 16.5. The zero-order valence-corrected chi connectivity index (χ0v) is 26.4. The van der Waals surface area contributed by atoms with Crippen molar-refractivity contribution in [2.45, 2.75) is 32.7 Å². The van der Waals surface area contributed by atoms with Crippen LogP contribution in [0.2, 0.25) is 0 Å². The number of nitrogens with zero attached hydrogens (tertiary/aromatic N) is 3. The van der Waals surface area contributed by atoms with Crippen LogP contribution < -0.4 is 25.8 Å². The number of aromatic nitrogens is 2. The fraction of sp³-hybridized carbons (Fsp3) is 0.312. The Morgan fingerprint density at radius 2 is 1.71 bits per heavy atom. The summed E-state index contributed by atoms with van der Waals surface area (Å²) in [6, 6.07) is 19.1. The van der Waals surface area contributed by atoms with Gasteiger partial charge in [0.1, 0.15) is 17.3 Å². The van der Waals surface area contributed by atoms with Gasteiger partial charge in [-0.25, -0.2) is 22.7 Å². The lowest BCUT2D eigenvalue weighted by Gasteiger charge is -2.29. The van der Waals surface area contributed by atoms with Gasteiger partial charge in [-0.3, -0.25) is 4.79 Å². The Morgan fingerprint density at radius 1 is 1.00 bits per heavy atom. The van der Waals surface area contributed by atoms with Crippen molar-refractivity contribution in [1.82, 2.24) is 19.6 Å². The number of sulfonamides is 1. The number of piperidine rings is 1. The second-order valence-corrected chi connectivity index (χ2v) is 12.3. The van der Waals surface area contributed by atoms with Gasteiger partial charge in [-0.15, -0.1) is 0 Å². The van der Waals surface area contributed by atoms with Crippen molar-refractivity contribution in [3.63, 3.8) is 0 Å². The highest BCUT2D eigenvalue weighted by atomic mass is 32.2. The summed E-state index contributed by atoms with van der Waals surface area (Å²) in [5, 5.41) is 14.4. The number of nitrogen functional groups attached to an aromatic ring is 1. The highest BCUT2D eigenvalue weighted by Gasteiger charge is 2.24. The molecule has 12 nitrogen and oxygen atoms in total. The molecule has 0 radical (unpaired) electrons. The number of benzene rings is 3. The van der Waals surface area contributed by atoms with Gasteiger partial charge in [-0.1, -0.05) is 12.1 Å². The van der Waals surface area contributed by atoms with E-state index in [2.05, 4.69) is 10.6 Å². The number of carbonyl (C=O) groups is 1. The highest BCUT2D eigenvalue weighted by molar-refractivity contribution is 7.88. The van der Waals surface area contributed by atoms with Crippen LogP contribution in [-0.2, 0) is 14.8 Å². The van der Waals surface area contributed by atoms with Gasteiger partial charge in [0.15, 0.2) is 5.82 Å². The van der Waals surface area contributed by atoms with Gasteiger partial charge in [-0.2, -0.15) is 0 Å². The summed E-state index contributed by atoms with van der Waals surface area (Å²) >= 11 is 0. The number of carbonyl (C=O) groups excluding carboxylic acids is 1. The van der Waals surface area contributed by atoms with Gasteiger partial charge < -0.3 is 31.3 Å². The van der Waals surface area contributed by atoms with Crippen LogP contribution in [0.25, 0.3) is 22.3 Å². The Morgan fingerprint density at radius 3 is 2.36 bits per heavy atom. The maximum absolute atomic E-state index is 11.1. The Hall–Kier alpha value is -4.75. The topological polar surface area (TPSA) is 173 Å². The number of ether oxygens (including phenoxy) is 2. The first-order chi connectivity index (χ1) is 21.6. The number of nitrogens with two attached hydrogens (primary N) is 1. The van der Waals surface area contributed by atoms with E-state index < -0.39 is 10.0 Å². The van der Waals surface area contributed by atoms with E-state index >= 15 is 0 Å². The summed E-state index contributed by atoms with van der Waals surface area (Å²) in [6.07, 6.45) is 4.51. The number of rotatable bonds is 11. The number of hydrogen-bond acceptors (Lipinski definition) is 10. The molecule has 4 aromatic rings. The average Bonchev–Trinajstić information content (AvgIpc) is 3.03. The largest absolute Gasteiger partial charge is 0.494 e. The van der Waals surface area contributed by atoms with Crippen LogP contribution in [0.3, 0.4) is 0 Å². The predicted octanol–water partition coefficient (Wildman–Crippen LogP) is 4.57. The summed E-state index contributed by atoms with van der Waals surface area (Å²) in [5.41, 5.74) is 9.53. The Bertz CT molecular complexity index is 1740. The molecule has 45 heavy (non-hydrogen) atoms. The summed E-state index contributed by atoms with van der Waals surface area (Å²) in [6.45, 7) is 6.06. The van der Waals surface area contributed by atoms with Crippen LogP contribution in [0.15, 0.2) is 60.7 Å². The fourth-order valence-electron chi connectivity index (χ4n) is 4.84. The SMILES string of the molecule is CCOc1cccc(-c2nc(Nc3ccc(N)c(C=N)c3)c3cc(OCC)ccc3n2)c1.CS(=O)(=O)N1CCC(NC=O)CC1. The van der Waals surface area contributed by atoms with E-state index in [1.165, 1.54) is 16.8 Å². The van der Waals surface area contributed by atoms with E-state index in [-0.39, 0.29) is 6.04 Å². The summed E-state index contributed by atoms with van der Waals surface area (Å²) in [4.78, 5) is 19.7. The molecule has 0 bridgehead atoms.